The number of nitrogens with zero attached hydrogens (tertiary/aromatic N) is 3. The number of amides is 1. The van der Waals surface area contributed by atoms with Crippen LogP contribution in [0, 0.1) is 0 Å². The first-order valence-corrected chi connectivity index (χ1v) is 10.7. The average molecular weight is 442 g/mol. The number of aryl methyl sites for hydroxylation is 2. The molecule has 8 nitrogen and oxygen atoms in total. The zero-order valence-corrected chi connectivity index (χ0v) is 18.5. The molecule has 0 atom stereocenters. The zero-order valence-electron chi connectivity index (χ0n) is 18.5. The van der Waals surface area contributed by atoms with Gasteiger partial charge in [-0.3, -0.25) is 18.7 Å². The molecule has 8 heteroatoms. The van der Waals surface area contributed by atoms with Crippen LogP contribution in [-0.2, 0) is 25.3 Å². The molecule has 0 bridgehead atoms. The van der Waals surface area contributed by atoms with E-state index in [0.29, 0.717) is 29.2 Å². The van der Waals surface area contributed by atoms with E-state index in [-0.39, 0.29) is 16.9 Å². The molecule has 2 aromatic heterocycles. The minimum atomic E-state index is -0.629. The molecule has 0 radical (unpaired) electrons. The normalized spacial score (nSPS) is 12.7. The highest BCUT2D eigenvalue weighted by Gasteiger charge is 2.33. The number of pyridine rings is 1. The lowest BCUT2D eigenvalue weighted by Gasteiger charge is -2.27. The molecule has 1 aliphatic rings. The van der Waals surface area contributed by atoms with Gasteiger partial charge < -0.3 is 10.1 Å². The second-order valence-corrected chi connectivity index (χ2v) is 8.02. The van der Waals surface area contributed by atoms with Gasteiger partial charge in [0.05, 0.1) is 11.6 Å². The summed E-state index contributed by atoms with van der Waals surface area (Å²) in [5.74, 6) is 0.307. The second kappa shape index (κ2) is 7.74. The van der Waals surface area contributed by atoms with Crippen molar-refractivity contribution in [2.24, 2.45) is 14.1 Å². The van der Waals surface area contributed by atoms with E-state index >= 15 is 0 Å². The second-order valence-electron chi connectivity index (χ2n) is 8.02. The number of nitrogens with one attached hydrogen (secondary N) is 1. The Bertz CT molecular complexity index is 1510. The summed E-state index contributed by atoms with van der Waals surface area (Å²) < 4.78 is 8.34. The van der Waals surface area contributed by atoms with Crippen molar-refractivity contribution in [1.82, 2.24) is 14.1 Å². The smallest absolute Gasteiger partial charge is 0.332 e. The van der Waals surface area contributed by atoms with E-state index in [9.17, 15) is 14.4 Å². The van der Waals surface area contributed by atoms with Crippen molar-refractivity contribution in [3.8, 4) is 11.5 Å². The Morgan fingerprint density at radius 1 is 1.00 bits per heavy atom. The average Bonchev–Trinajstić information content (AvgIpc) is 2.84. The van der Waals surface area contributed by atoms with Crippen molar-refractivity contribution in [1.29, 1.82) is 0 Å². The molecule has 5 rings (SSSR count). The minimum absolute atomic E-state index is 0.209. The van der Waals surface area contributed by atoms with Gasteiger partial charge in [0.1, 0.15) is 16.9 Å². The van der Waals surface area contributed by atoms with Gasteiger partial charge in [0.15, 0.2) is 5.65 Å². The van der Waals surface area contributed by atoms with E-state index in [1.165, 1.54) is 11.6 Å². The van der Waals surface area contributed by atoms with Crippen molar-refractivity contribution < 1.29 is 9.53 Å². The van der Waals surface area contributed by atoms with E-state index in [2.05, 4.69) is 10.3 Å². The Balaban J connectivity index is 1.70. The van der Waals surface area contributed by atoms with Gasteiger partial charge in [-0.2, -0.15) is 0 Å². The summed E-state index contributed by atoms with van der Waals surface area (Å²) in [5.41, 5.74) is 1.82. The number of hydrogen-bond acceptors (Lipinski definition) is 5. The Hall–Kier alpha value is -4.20. The third kappa shape index (κ3) is 3.14. The maximum Gasteiger partial charge on any atom is 0.332 e. The molecule has 33 heavy (non-hydrogen) atoms. The number of aromatic nitrogens is 3. The highest BCUT2D eigenvalue weighted by atomic mass is 16.5. The van der Waals surface area contributed by atoms with Crippen LogP contribution in [0.25, 0.3) is 11.0 Å². The number of para-hydroxylation sites is 2. The van der Waals surface area contributed by atoms with Crippen LogP contribution in [0.15, 0.2) is 64.3 Å². The van der Waals surface area contributed by atoms with Crippen LogP contribution < -0.4 is 21.3 Å². The fourth-order valence-corrected chi connectivity index (χ4v) is 4.37. The van der Waals surface area contributed by atoms with Crippen LogP contribution in [0.4, 0.5) is 5.69 Å². The predicted molar refractivity (Wildman–Crippen MR) is 125 cm³/mol. The number of anilines is 1. The number of carbonyl (C=O) groups excluding carboxylic acids is 1. The molecule has 0 fully saturated rings. The van der Waals surface area contributed by atoms with Gasteiger partial charge in [-0.15, -0.1) is 0 Å². The van der Waals surface area contributed by atoms with Crippen LogP contribution >= 0.6 is 0 Å². The van der Waals surface area contributed by atoms with E-state index < -0.39 is 17.2 Å². The van der Waals surface area contributed by atoms with Crippen LogP contribution in [0.2, 0.25) is 0 Å². The lowest BCUT2D eigenvalue weighted by atomic mass is 9.87. The lowest BCUT2D eigenvalue weighted by Crippen LogP contribution is -2.38. The Morgan fingerprint density at radius 2 is 1.61 bits per heavy atom. The third-order valence-corrected chi connectivity index (χ3v) is 6.12. The maximum atomic E-state index is 13.8. The van der Waals surface area contributed by atoms with Crippen molar-refractivity contribution in [3.63, 3.8) is 0 Å². The fourth-order valence-electron chi connectivity index (χ4n) is 4.37. The fraction of sp³-hybridized carbons (Fsp3) is 0.200. The number of hydrogen-bond donors (Lipinski definition) is 1. The summed E-state index contributed by atoms with van der Waals surface area (Å²) in [6.07, 6.45) is 2.15. The van der Waals surface area contributed by atoms with Gasteiger partial charge in [0.25, 0.3) is 5.56 Å². The standard InChI is InChI=1S/C25H22N4O4/c1-4-14-13-26-22-20(24(31)29(3)25(32)28(22)2)21(14)27-23(30)19-15-9-5-7-11-17(15)33-18-12-8-6-10-16(18)19/h5-13,19H,4H2,1-3H3,(H,26,27,30). The minimum Gasteiger partial charge on any atom is -0.457 e. The molecule has 166 valence electrons. The highest BCUT2D eigenvalue weighted by molar-refractivity contribution is 6.05. The largest absolute Gasteiger partial charge is 0.457 e. The van der Waals surface area contributed by atoms with E-state index in [0.717, 1.165) is 15.7 Å². The van der Waals surface area contributed by atoms with Crippen LogP contribution in [0.5, 0.6) is 11.5 Å². The zero-order chi connectivity index (χ0) is 23.3. The Labute approximate surface area is 189 Å². The van der Waals surface area contributed by atoms with Crippen LogP contribution in [0.1, 0.15) is 29.5 Å². The molecule has 3 heterocycles. The molecule has 0 saturated heterocycles. The van der Waals surface area contributed by atoms with E-state index in [4.69, 9.17) is 4.74 Å². The molecule has 4 aromatic rings. The molecule has 1 amide bonds. The maximum absolute atomic E-state index is 13.8. The number of ether oxygens (including phenoxy) is 1. The topological polar surface area (TPSA) is 95.2 Å². The first-order chi connectivity index (χ1) is 15.9. The monoisotopic (exact) mass is 442 g/mol. The van der Waals surface area contributed by atoms with Gasteiger partial charge >= 0.3 is 5.69 Å². The van der Waals surface area contributed by atoms with Gasteiger partial charge in [0.2, 0.25) is 5.91 Å². The summed E-state index contributed by atoms with van der Waals surface area (Å²) >= 11 is 0. The molecule has 0 saturated carbocycles. The van der Waals surface area contributed by atoms with Crippen molar-refractivity contribution in [2.45, 2.75) is 19.3 Å². The highest BCUT2D eigenvalue weighted by Crippen LogP contribution is 2.44. The summed E-state index contributed by atoms with van der Waals surface area (Å²) in [7, 11) is 2.97. The van der Waals surface area contributed by atoms with Gasteiger partial charge in [-0.1, -0.05) is 43.3 Å². The summed E-state index contributed by atoms with van der Waals surface area (Å²) in [5, 5.41) is 3.22. The molecule has 1 aliphatic heterocycles. The predicted octanol–water partition coefficient (Wildman–Crippen LogP) is 3.07. The number of fused-ring (bicyclic) bond motifs is 3. The molecule has 0 spiro atoms. The number of carbonyl (C=O) groups is 1. The number of benzene rings is 2. The van der Waals surface area contributed by atoms with Crippen LogP contribution in [-0.4, -0.2) is 20.0 Å². The molecule has 1 N–H and O–H groups in total. The van der Waals surface area contributed by atoms with Gasteiger partial charge in [0, 0.05) is 31.4 Å². The van der Waals surface area contributed by atoms with Crippen molar-refractivity contribution in [2.75, 3.05) is 5.32 Å². The molecular formula is C25H22N4O4. The SMILES string of the molecule is CCc1cnc2c(c1NC(=O)C1c3ccccc3Oc3ccccc31)c(=O)n(C)c(=O)n2C. The molecule has 2 aromatic carbocycles. The summed E-state index contributed by atoms with van der Waals surface area (Å²) in [4.78, 5) is 43.6. The molecule has 0 unspecified atom stereocenters. The third-order valence-electron chi connectivity index (χ3n) is 6.12. The van der Waals surface area contributed by atoms with Gasteiger partial charge in [-0.05, 0) is 24.1 Å². The van der Waals surface area contributed by atoms with Crippen LogP contribution in [0.3, 0.4) is 0 Å². The van der Waals surface area contributed by atoms with E-state index in [1.54, 1.807) is 13.2 Å². The van der Waals surface area contributed by atoms with E-state index in [1.807, 2.05) is 55.5 Å². The first kappa shape index (κ1) is 20.7. The molecular weight excluding hydrogens is 420 g/mol. The van der Waals surface area contributed by atoms with Crippen molar-refractivity contribution >= 4 is 22.6 Å². The summed E-state index contributed by atoms with van der Waals surface area (Å²) in [6.45, 7) is 1.92. The Kier molecular flexibility index (Phi) is 4.85. The lowest BCUT2D eigenvalue weighted by molar-refractivity contribution is -0.116. The summed E-state index contributed by atoms with van der Waals surface area (Å²) in [6, 6.07) is 14.8. The quantitative estimate of drug-likeness (QED) is 0.526. The number of rotatable bonds is 3. The van der Waals surface area contributed by atoms with Crippen molar-refractivity contribution in [3.05, 3.63) is 92.3 Å². The Morgan fingerprint density at radius 3 is 2.21 bits per heavy atom. The first-order valence-electron chi connectivity index (χ1n) is 10.7. The molecule has 0 aliphatic carbocycles. The van der Waals surface area contributed by atoms with Gasteiger partial charge in [-0.25, -0.2) is 9.78 Å².